The van der Waals surface area contributed by atoms with Gasteiger partial charge in [-0.25, -0.2) is 19.2 Å². The third-order valence-corrected chi connectivity index (χ3v) is 4.79. The van der Waals surface area contributed by atoms with Gasteiger partial charge in [-0.05, 0) is 31.2 Å². The van der Waals surface area contributed by atoms with E-state index < -0.39 is 0 Å². The van der Waals surface area contributed by atoms with Gasteiger partial charge in [0.15, 0.2) is 17.1 Å². The predicted octanol–water partition coefficient (Wildman–Crippen LogP) is 3.46. The summed E-state index contributed by atoms with van der Waals surface area (Å²) in [6, 6.07) is 13.7. The second kappa shape index (κ2) is 6.59. The Labute approximate surface area is 166 Å². The van der Waals surface area contributed by atoms with Crippen molar-refractivity contribution in [2.75, 3.05) is 14.2 Å². The molecule has 29 heavy (non-hydrogen) atoms. The summed E-state index contributed by atoms with van der Waals surface area (Å²) in [4.78, 5) is 9.28. The highest BCUT2D eigenvalue weighted by Crippen LogP contribution is 2.29. The lowest BCUT2D eigenvalue weighted by Crippen LogP contribution is -1.98. The quantitative estimate of drug-likeness (QED) is 0.471. The Kier molecular flexibility index (Phi) is 3.90. The van der Waals surface area contributed by atoms with E-state index in [4.69, 9.17) is 14.5 Å². The van der Waals surface area contributed by atoms with Gasteiger partial charge in [-0.2, -0.15) is 5.10 Å². The molecule has 0 saturated heterocycles. The number of benzene rings is 2. The fourth-order valence-corrected chi connectivity index (χ4v) is 3.25. The maximum absolute atomic E-state index is 5.36. The zero-order chi connectivity index (χ0) is 20.0. The van der Waals surface area contributed by atoms with E-state index in [-0.39, 0.29) is 0 Å². The normalized spacial score (nSPS) is 11.3. The highest BCUT2D eigenvalue weighted by atomic mass is 16.5. The van der Waals surface area contributed by atoms with E-state index in [0.717, 1.165) is 22.3 Å². The average molecular weight is 386 g/mol. The van der Waals surface area contributed by atoms with Crippen molar-refractivity contribution in [1.82, 2.24) is 29.4 Å². The highest BCUT2D eigenvalue weighted by Gasteiger charge is 2.15. The molecule has 0 aliphatic heterocycles. The molecule has 0 atom stereocenters. The standard InChI is InChI=1S/C21H18N6O2/c1-13-4-6-15(7-5-13)27-20-18(11-23-27)21-24-19(25-26(21)12-22-20)14-8-16(28-2)10-17(9-14)29-3/h4-12H,1-3H3. The first-order valence-electron chi connectivity index (χ1n) is 9.06. The number of nitrogens with zero attached hydrogens (tertiary/aromatic N) is 6. The molecule has 5 rings (SSSR count). The molecule has 5 aromatic rings. The number of methoxy groups -OCH3 is 2. The minimum absolute atomic E-state index is 0.555. The van der Waals surface area contributed by atoms with Gasteiger partial charge in [-0.15, -0.1) is 5.10 Å². The second-order valence-corrected chi connectivity index (χ2v) is 6.68. The zero-order valence-electron chi connectivity index (χ0n) is 16.2. The number of hydrogen-bond donors (Lipinski definition) is 0. The second-order valence-electron chi connectivity index (χ2n) is 6.68. The largest absolute Gasteiger partial charge is 0.497 e. The number of aryl methyl sites for hydroxylation is 1. The Morgan fingerprint density at radius 1 is 0.897 bits per heavy atom. The molecule has 8 nitrogen and oxygen atoms in total. The van der Waals surface area contributed by atoms with E-state index in [1.807, 2.05) is 42.5 Å². The number of aromatic nitrogens is 6. The molecule has 0 saturated carbocycles. The van der Waals surface area contributed by atoms with Crippen molar-refractivity contribution >= 4 is 16.7 Å². The number of hydrogen-bond acceptors (Lipinski definition) is 6. The molecule has 0 amide bonds. The van der Waals surface area contributed by atoms with Crippen molar-refractivity contribution in [3.05, 3.63) is 60.6 Å². The molecule has 0 fully saturated rings. The topological polar surface area (TPSA) is 79.4 Å². The van der Waals surface area contributed by atoms with Gasteiger partial charge >= 0.3 is 0 Å². The van der Waals surface area contributed by atoms with Gasteiger partial charge in [0.05, 0.1) is 31.5 Å². The summed E-state index contributed by atoms with van der Waals surface area (Å²) in [5, 5.41) is 9.91. The Bertz CT molecular complexity index is 1310. The van der Waals surface area contributed by atoms with Crippen LogP contribution in [0.15, 0.2) is 55.0 Å². The lowest BCUT2D eigenvalue weighted by Gasteiger charge is -2.05. The maximum atomic E-state index is 5.36. The maximum Gasteiger partial charge on any atom is 0.182 e. The minimum Gasteiger partial charge on any atom is -0.497 e. The number of rotatable bonds is 4. The molecular weight excluding hydrogens is 368 g/mol. The molecule has 0 bridgehead atoms. The highest BCUT2D eigenvalue weighted by molar-refractivity contribution is 5.90. The van der Waals surface area contributed by atoms with Crippen molar-refractivity contribution in [1.29, 1.82) is 0 Å². The summed E-state index contributed by atoms with van der Waals surface area (Å²) >= 11 is 0. The lowest BCUT2D eigenvalue weighted by atomic mass is 10.2. The van der Waals surface area contributed by atoms with Crippen LogP contribution in [-0.4, -0.2) is 43.6 Å². The van der Waals surface area contributed by atoms with Crippen molar-refractivity contribution in [3.63, 3.8) is 0 Å². The first-order valence-corrected chi connectivity index (χ1v) is 9.06. The molecule has 0 aliphatic carbocycles. The van der Waals surface area contributed by atoms with Crippen molar-refractivity contribution in [3.8, 4) is 28.6 Å². The van der Waals surface area contributed by atoms with Crippen LogP contribution in [0.25, 0.3) is 33.8 Å². The SMILES string of the molecule is COc1cc(OC)cc(-c2nc3c4cnn(-c5ccc(C)cc5)c4ncn3n2)c1. The van der Waals surface area contributed by atoms with E-state index in [1.54, 1.807) is 35.9 Å². The van der Waals surface area contributed by atoms with E-state index >= 15 is 0 Å². The third kappa shape index (κ3) is 2.85. The Morgan fingerprint density at radius 2 is 1.62 bits per heavy atom. The number of fused-ring (bicyclic) bond motifs is 3. The molecule has 3 heterocycles. The summed E-state index contributed by atoms with van der Waals surface area (Å²) in [7, 11) is 3.23. The third-order valence-electron chi connectivity index (χ3n) is 4.79. The van der Waals surface area contributed by atoms with Crippen LogP contribution >= 0.6 is 0 Å². The van der Waals surface area contributed by atoms with E-state index in [1.165, 1.54) is 5.56 Å². The van der Waals surface area contributed by atoms with Crippen LogP contribution in [-0.2, 0) is 0 Å². The van der Waals surface area contributed by atoms with Crippen LogP contribution in [0.5, 0.6) is 11.5 Å². The van der Waals surface area contributed by atoms with Gasteiger partial charge < -0.3 is 9.47 Å². The molecule has 144 valence electrons. The van der Waals surface area contributed by atoms with Gasteiger partial charge in [0.25, 0.3) is 0 Å². The molecule has 0 aliphatic rings. The lowest BCUT2D eigenvalue weighted by molar-refractivity contribution is 0.394. The van der Waals surface area contributed by atoms with Gasteiger partial charge in [-0.1, -0.05) is 17.7 Å². The Morgan fingerprint density at radius 3 is 2.31 bits per heavy atom. The van der Waals surface area contributed by atoms with Crippen LogP contribution < -0.4 is 9.47 Å². The van der Waals surface area contributed by atoms with Gasteiger partial charge in [0.2, 0.25) is 0 Å². The summed E-state index contributed by atoms with van der Waals surface area (Å²) in [5.41, 5.74) is 4.34. The van der Waals surface area contributed by atoms with Crippen LogP contribution in [0.4, 0.5) is 0 Å². The van der Waals surface area contributed by atoms with Crippen molar-refractivity contribution in [2.45, 2.75) is 6.92 Å². The summed E-state index contributed by atoms with van der Waals surface area (Å²) in [6.07, 6.45) is 3.42. The summed E-state index contributed by atoms with van der Waals surface area (Å²) < 4.78 is 14.2. The summed E-state index contributed by atoms with van der Waals surface area (Å²) in [6.45, 7) is 2.05. The Balaban J connectivity index is 1.66. The Hall–Kier alpha value is -3.94. The van der Waals surface area contributed by atoms with Gasteiger partial charge in [0, 0.05) is 11.6 Å². The van der Waals surface area contributed by atoms with Crippen LogP contribution in [0.3, 0.4) is 0 Å². The van der Waals surface area contributed by atoms with Gasteiger partial charge in [0.1, 0.15) is 17.8 Å². The molecule has 0 unspecified atom stereocenters. The van der Waals surface area contributed by atoms with Gasteiger partial charge in [-0.3, -0.25) is 0 Å². The number of ether oxygens (including phenoxy) is 2. The smallest absolute Gasteiger partial charge is 0.182 e. The van der Waals surface area contributed by atoms with Crippen LogP contribution in [0.2, 0.25) is 0 Å². The van der Waals surface area contributed by atoms with E-state index in [0.29, 0.717) is 23.0 Å². The molecule has 2 aromatic carbocycles. The predicted molar refractivity (Wildman–Crippen MR) is 109 cm³/mol. The fraction of sp³-hybridized carbons (Fsp3) is 0.143. The first-order chi connectivity index (χ1) is 14.2. The fourth-order valence-electron chi connectivity index (χ4n) is 3.25. The van der Waals surface area contributed by atoms with Crippen LogP contribution in [0, 0.1) is 6.92 Å². The molecule has 0 radical (unpaired) electrons. The zero-order valence-corrected chi connectivity index (χ0v) is 16.2. The van der Waals surface area contributed by atoms with Crippen molar-refractivity contribution in [2.24, 2.45) is 0 Å². The molecule has 3 aromatic heterocycles. The molecular formula is C21H18N6O2. The monoisotopic (exact) mass is 386 g/mol. The first kappa shape index (κ1) is 17.2. The average Bonchev–Trinajstić information content (AvgIpc) is 3.38. The summed E-state index contributed by atoms with van der Waals surface area (Å²) in [5.74, 6) is 1.90. The minimum atomic E-state index is 0.555. The van der Waals surface area contributed by atoms with Crippen LogP contribution in [0.1, 0.15) is 5.56 Å². The van der Waals surface area contributed by atoms with Crippen molar-refractivity contribution < 1.29 is 9.47 Å². The van der Waals surface area contributed by atoms with E-state index in [2.05, 4.69) is 22.1 Å². The van der Waals surface area contributed by atoms with E-state index in [9.17, 15) is 0 Å². The molecule has 0 spiro atoms. The molecule has 0 N–H and O–H groups in total. The molecule has 8 heteroatoms.